The molecule has 122 valence electrons. The molecular weight excluding hydrogens is 330 g/mol. The first kappa shape index (κ1) is 15.4. The SMILES string of the molecule is Nc1ccc(-c2cccs2)cc1NC(=O)c1ccc2ncccc2c1. The third-order valence-electron chi connectivity index (χ3n) is 3.97. The van der Waals surface area contributed by atoms with Crippen LogP contribution in [-0.4, -0.2) is 10.9 Å². The van der Waals surface area contributed by atoms with Gasteiger partial charge in [-0.05, 0) is 53.4 Å². The van der Waals surface area contributed by atoms with Crippen molar-refractivity contribution < 1.29 is 4.79 Å². The first-order valence-electron chi connectivity index (χ1n) is 7.80. The van der Waals surface area contributed by atoms with E-state index < -0.39 is 0 Å². The highest BCUT2D eigenvalue weighted by Gasteiger charge is 2.10. The van der Waals surface area contributed by atoms with E-state index in [1.54, 1.807) is 23.6 Å². The van der Waals surface area contributed by atoms with Crippen molar-refractivity contribution in [2.75, 3.05) is 11.1 Å². The minimum absolute atomic E-state index is 0.194. The number of nitrogens with two attached hydrogens (primary N) is 1. The Morgan fingerprint density at radius 2 is 1.96 bits per heavy atom. The molecule has 0 aliphatic heterocycles. The van der Waals surface area contributed by atoms with Crippen LogP contribution in [0.25, 0.3) is 21.3 Å². The summed E-state index contributed by atoms with van der Waals surface area (Å²) in [6.07, 6.45) is 1.73. The van der Waals surface area contributed by atoms with Gasteiger partial charge in [0.15, 0.2) is 0 Å². The number of nitrogen functional groups attached to an aromatic ring is 1. The highest BCUT2D eigenvalue weighted by Crippen LogP contribution is 2.30. The van der Waals surface area contributed by atoms with Crippen molar-refractivity contribution in [1.29, 1.82) is 0 Å². The zero-order chi connectivity index (χ0) is 17.2. The van der Waals surface area contributed by atoms with Crippen molar-refractivity contribution in [1.82, 2.24) is 4.98 Å². The molecule has 4 nitrogen and oxygen atoms in total. The molecule has 3 N–H and O–H groups in total. The lowest BCUT2D eigenvalue weighted by Crippen LogP contribution is -2.13. The predicted octanol–water partition coefficient (Wildman–Crippen LogP) is 4.80. The number of hydrogen-bond acceptors (Lipinski definition) is 4. The van der Waals surface area contributed by atoms with Crippen LogP contribution in [0.5, 0.6) is 0 Å². The number of amides is 1. The Kier molecular flexibility index (Phi) is 3.91. The molecule has 0 bridgehead atoms. The molecule has 0 atom stereocenters. The normalized spacial score (nSPS) is 10.7. The summed E-state index contributed by atoms with van der Waals surface area (Å²) in [7, 11) is 0. The van der Waals surface area contributed by atoms with E-state index in [-0.39, 0.29) is 5.91 Å². The van der Waals surface area contributed by atoms with E-state index in [0.717, 1.165) is 21.3 Å². The molecule has 4 rings (SSSR count). The molecule has 0 spiro atoms. The number of hydrogen-bond donors (Lipinski definition) is 2. The van der Waals surface area contributed by atoms with Crippen LogP contribution in [0.3, 0.4) is 0 Å². The first-order chi connectivity index (χ1) is 12.2. The van der Waals surface area contributed by atoms with Gasteiger partial charge in [0.2, 0.25) is 0 Å². The molecule has 0 fully saturated rings. The lowest BCUT2D eigenvalue weighted by Gasteiger charge is -2.10. The molecule has 2 heterocycles. The van der Waals surface area contributed by atoms with Crippen molar-refractivity contribution in [3.05, 3.63) is 77.8 Å². The maximum absolute atomic E-state index is 12.6. The Labute approximate surface area is 149 Å². The van der Waals surface area contributed by atoms with Gasteiger partial charge < -0.3 is 11.1 Å². The van der Waals surface area contributed by atoms with E-state index in [1.165, 1.54) is 0 Å². The van der Waals surface area contributed by atoms with Gasteiger partial charge in [0.05, 0.1) is 16.9 Å². The molecule has 0 aliphatic carbocycles. The van der Waals surface area contributed by atoms with E-state index in [4.69, 9.17) is 5.73 Å². The lowest BCUT2D eigenvalue weighted by molar-refractivity contribution is 0.102. The van der Waals surface area contributed by atoms with Gasteiger partial charge in [-0.1, -0.05) is 18.2 Å². The van der Waals surface area contributed by atoms with Crippen LogP contribution in [0.4, 0.5) is 11.4 Å². The number of benzene rings is 2. The minimum Gasteiger partial charge on any atom is -0.397 e. The lowest BCUT2D eigenvalue weighted by atomic mass is 10.1. The molecule has 0 saturated heterocycles. The third-order valence-corrected chi connectivity index (χ3v) is 4.89. The molecule has 2 aromatic heterocycles. The highest BCUT2D eigenvalue weighted by atomic mass is 32.1. The van der Waals surface area contributed by atoms with Crippen molar-refractivity contribution in [2.24, 2.45) is 0 Å². The van der Waals surface area contributed by atoms with Crippen molar-refractivity contribution in [3.8, 4) is 10.4 Å². The summed E-state index contributed by atoms with van der Waals surface area (Å²) < 4.78 is 0. The molecule has 2 aromatic carbocycles. The number of nitrogens with one attached hydrogen (secondary N) is 1. The van der Waals surface area contributed by atoms with E-state index in [2.05, 4.69) is 10.3 Å². The summed E-state index contributed by atoms with van der Waals surface area (Å²) in [6.45, 7) is 0. The Hall–Kier alpha value is -3.18. The minimum atomic E-state index is -0.194. The molecule has 5 heteroatoms. The number of pyridine rings is 1. The fourth-order valence-corrected chi connectivity index (χ4v) is 3.40. The highest BCUT2D eigenvalue weighted by molar-refractivity contribution is 7.13. The van der Waals surface area contributed by atoms with Gasteiger partial charge in [-0.15, -0.1) is 11.3 Å². The van der Waals surface area contributed by atoms with Crippen LogP contribution in [0.2, 0.25) is 0 Å². The number of aromatic nitrogens is 1. The maximum Gasteiger partial charge on any atom is 0.255 e. The average Bonchev–Trinajstić information content (AvgIpc) is 3.18. The zero-order valence-corrected chi connectivity index (χ0v) is 14.1. The second-order valence-corrected chi connectivity index (χ2v) is 6.59. The van der Waals surface area contributed by atoms with E-state index in [1.807, 2.05) is 60.0 Å². The van der Waals surface area contributed by atoms with Crippen molar-refractivity contribution in [3.63, 3.8) is 0 Å². The quantitative estimate of drug-likeness (QED) is 0.524. The van der Waals surface area contributed by atoms with E-state index >= 15 is 0 Å². The summed E-state index contributed by atoms with van der Waals surface area (Å²) in [5.41, 5.74) is 9.65. The number of rotatable bonds is 3. The maximum atomic E-state index is 12.6. The van der Waals surface area contributed by atoms with Gasteiger partial charge in [0.25, 0.3) is 5.91 Å². The van der Waals surface area contributed by atoms with Crippen LogP contribution in [0, 0.1) is 0 Å². The van der Waals surface area contributed by atoms with Gasteiger partial charge in [-0.3, -0.25) is 9.78 Å². The molecular formula is C20H15N3OS. The van der Waals surface area contributed by atoms with Gasteiger partial charge in [-0.2, -0.15) is 0 Å². The molecule has 0 unspecified atom stereocenters. The summed E-state index contributed by atoms with van der Waals surface area (Å²) in [6, 6.07) is 18.9. The monoisotopic (exact) mass is 345 g/mol. The van der Waals surface area contributed by atoms with Gasteiger partial charge in [-0.25, -0.2) is 0 Å². The summed E-state index contributed by atoms with van der Waals surface area (Å²) in [4.78, 5) is 18.0. The average molecular weight is 345 g/mol. The number of anilines is 2. The summed E-state index contributed by atoms with van der Waals surface area (Å²) in [5, 5.41) is 5.86. The number of carbonyl (C=O) groups excluding carboxylic acids is 1. The molecule has 0 aliphatic rings. The number of thiophene rings is 1. The zero-order valence-electron chi connectivity index (χ0n) is 13.3. The van der Waals surface area contributed by atoms with Crippen LogP contribution >= 0.6 is 11.3 Å². The largest absolute Gasteiger partial charge is 0.397 e. The van der Waals surface area contributed by atoms with Crippen LogP contribution in [0.1, 0.15) is 10.4 Å². The molecule has 0 saturated carbocycles. The second-order valence-electron chi connectivity index (χ2n) is 5.64. The van der Waals surface area contributed by atoms with Gasteiger partial charge >= 0.3 is 0 Å². The van der Waals surface area contributed by atoms with Crippen molar-refractivity contribution in [2.45, 2.75) is 0 Å². The number of carbonyl (C=O) groups is 1. The fraction of sp³-hybridized carbons (Fsp3) is 0. The number of nitrogens with zero attached hydrogens (tertiary/aromatic N) is 1. The number of fused-ring (bicyclic) bond motifs is 1. The summed E-state index contributed by atoms with van der Waals surface area (Å²) >= 11 is 1.65. The Morgan fingerprint density at radius 3 is 2.80 bits per heavy atom. The van der Waals surface area contributed by atoms with Gasteiger partial charge in [0, 0.05) is 22.0 Å². The molecule has 0 radical (unpaired) electrons. The molecule has 1 amide bonds. The van der Waals surface area contributed by atoms with Crippen LogP contribution < -0.4 is 11.1 Å². The Morgan fingerprint density at radius 1 is 1.04 bits per heavy atom. The van der Waals surface area contributed by atoms with Crippen molar-refractivity contribution >= 4 is 39.5 Å². The standard InChI is InChI=1S/C20H15N3OS/c21-16-7-5-14(19-4-2-10-25-19)12-18(16)23-20(24)15-6-8-17-13(11-15)3-1-9-22-17/h1-12H,21H2,(H,23,24). The van der Waals surface area contributed by atoms with E-state index in [9.17, 15) is 4.79 Å². The van der Waals surface area contributed by atoms with Crippen LogP contribution in [-0.2, 0) is 0 Å². The topological polar surface area (TPSA) is 68.0 Å². The second kappa shape index (κ2) is 6.37. The third kappa shape index (κ3) is 3.09. The summed E-state index contributed by atoms with van der Waals surface area (Å²) in [5.74, 6) is -0.194. The smallest absolute Gasteiger partial charge is 0.255 e. The van der Waals surface area contributed by atoms with E-state index in [0.29, 0.717) is 16.9 Å². The van der Waals surface area contributed by atoms with Gasteiger partial charge in [0.1, 0.15) is 0 Å². The Bertz CT molecular complexity index is 1060. The predicted molar refractivity (Wildman–Crippen MR) is 104 cm³/mol. The Balaban J connectivity index is 1.64. The molecule has 25 heavy (non-hydrogen) atoms. The molecule has 4 aromatic rings. The van der Waals surface area contributed by atoms with Crippen LogP contribution in [0.15, 0.2) is 72.2 Å². The fourth-order valence-electron chi connectivity index (χ4n) is 2.67. The first-order valence-corrected chi connectivity index (χ1v) is 8.68.